The summed E-state index contributed by atoms with van der Waals surface area (Å²) < 4.78 is 5.51. The number of nitrogens with zero attached hydrogens (tertiary/aromatic N) is 1. The van der Waals surface area contributed by atoms with Gasteiger partial charge in [-0.15, -0.1) is 0 Å². The molecule has 0 saturated carbocycles. The Morgan fingerprint density at radius 3 is 3.07 bits per heavy atom. The molecule has 0 aliphatic carbocycles. The van der Waals surface area contributed by atoms with E-state index in [0.717, 1.165) is 30.8 Å². The van der Waals surface area contributed by atoms with E-state index in [1.165, 1.54) is 0 Å². The minimum Gasteiger partial charge on any atom is -0.492 e. The van der Waals surface area contributed by atoms with Crippen molar-refractivity contribution in [3.8, 4) is 5.75 Å². The molecule has 1 N–H and O–H groups in total. The third-order valence-corrected chi connectivity index (χ3v) is 1.92. The van der Waals surface area contributed by atoms with Crippen LogP contribution in [0.4, 0.5) is 0 Å². The van der Waals surface area contributed by atoms with E-state index in [0.29, 0.717) is 0 Å². The maximum atomic E-state index is 8.63. The van der Waals surface area contributed by atoms with Crippen molar-refractivity contribution >= 4 is 6.08 Å². The molecule has 15 heavy (non-hydrogen) atoms. The zero-order valence-corrected chi connectivity index (χ0v) is 9.02. The Labute approximate surface area is 90.4 Å². The molecule has 1 rings (SSSR count). The molecule has 0 aliphatic heterocycles. The molecule has 0 unspecified atom stereocenters. The molecule has 0 atom stereocenters. The van der Waals surface area contributed by atoms with Crippen LogP contribution in [0, 0.1) is 0 Å². The highest BCUT2D eigenvalue weighted by atomic mass is 16.5. The Morgan fingerprint density at radius 2 is 2.33 bits per heavy atom. The molecule has 1 heterocycles. The van der Waals surface area contributed by atoms with Gasteiger partial charge in [-0.1, -0.05) is 25.5 Å². The first-order valence-corrected chi connectivity index (χ1v) is 5.22. The number of aliphatic hydroxyl groups excluding tert-OH is 1. The van der Waals surface area contributed by atoms with E-state index < -0.39 is 0 Å². The molecule has 3 heteroatoms. The average molecular weight is 207 g/mol. The maximum absolute atomic E-state index is 8.63. The molecule has 0 spiro atoms. The molecular weight excluding hydrogens is 190 g/mol. The van der Waals surface area contributed by atoms with E-state index in [1.807, 2.05) is 12.1 Å². The summed E-state index contributed by atoms with van der Waals surface area (Å²) in [6, 6.07) is 1.91. The molecular formula is C12H17NO2. The van der Waals surface area contributed by atoms with Crippen LogP contribution in [0.1, 0.15) is 25.3 Å². The quantitative estimate of drug-likeness (QED) is 0.727. The van der Waals surface area contributed by atoms with Gasteiger partial charge in [-0.05, 0) is 18.1 Å². The van der Waals surface area contributed by atoms with Gasteiger partial charge in [-0.2, -0.15) is 0 Å². The molecule has 0 saturated heterocycles. The summed E-state index contributed by atoms with van der Waals surface area (Å²) in [5.41, 5.74) is 0.943. The van der Waals surface area contributed by atoms with Crippen LogP contribution in [-0.2, 0) is 0 Å². The van der Waals surface area contributed by atoms with Crippen molar-refractivity contribution in [2.24, 2.45) is 0 Å². The monoisotopic (exact) mass is 207 g/mol. The zero-order valence-electron chi connectivity index (χ0n) is 9.02. The second kappa shape index (κ2) is 7.01. The van der Waals surface area contributed by atoms with Crippen LogP contribution in [-0.4, -0.2) is 23.3 Å². The number of hydrogen-bond donors (Lipinski definition) is 1. The summed E-state index contributed by atoms with van der Waals surface area (Å²) >= 11 is 0. The molecule has 0 radical (unpaired) electrons. The van der Waals surface area contributed by atoms with Gasteiger partial charge >= 0.3 is 0 Å². The van der Waals surface area contributed by atoms with Crippen LogP contribution >= 0.6 is 0 Å². The van der Waals surface area contributed by atoms with E-state index in [9.17, 15) is 0 Å². The Balaban J connectivity index is 2.53. The van der Waals surface area contributed by atoms with Crippen molar-refractivity contribution in [3.63, 3.8) is 0 Å². The predicted molar refractivity (Wildman–Crippen MR) is 60.8 cm³/mol. The van der Waals surface area contributed by atoms with Crippen molar-refractivity contribution < 1.29 is 9.84 Å². The van der Waals surface area contributed by atoms with Crippen molar-refractivity contribution in [1.29, 1.82) is 0 Å². The second-order valence-electron chi connectivity index (χ2n) is 3.24. The van der Waals surface area contributed by atoms with Crippen molar-refractivity contribution in [2.75, 3.05) is 13.2 Å². The lowest BCUT2D eigenvalue weighted by atomic mass is 10.2. The van der Waals surface area contributed by atoms with E-state index in [1.54, 1.807) is 18.5 Å². The molecule has 0 amide bonds. The Kier molecular flexibility index (Phi) is 5.48. The Bertz CT molecular complexity index is 310. The van der Waals surface area contributed by atoms with Crippen LogP contribution in [0.3, 0.4) is 0 Å². The molecule has 82 valence electrons. The smallest absolute Gasteiger partial charge is 0.138 e. The summed E-state index contributed by atoms with van der Waals surface area (Å²) in [6.45, 7) is 2.90. The first-order valence-electron chi connectivity index (χ1n) is 5.22. The Hall–Kier alpha value is -1.35. The molecule has 0 aromatic carbocycles. The first-order chi connectivity index (χ1) is 7.36. The van der Waals surface area contributed by atoms with E-state index in [-0.39, 0.29) is 6.61 Å². The summed E-state index contributed by atoms with van der Waals surface area (Å²) in [7, 11) is 0. The molecule has 1 aromatic heterocycles. The predicted octanol–water partition coefficient (Wildman–Crippen LogP) is 2.27. The first kappa shape index (κ1) is 11.7. The maximum Gasteiger partial charge on any atom is 0.138 e. The highest BCUT2D eigenvalue weighted by molar-refractivity contribution is 5.49. The lowest BCUT2D eigenvalue weighted by molar-refractivity contribution is 0.308. The molecule has 3 nitrogen and oxygen atoms in total. The van der Waals surface area contributed by atoms with E-state index in [4.69, 9.17) is 9.84 Å². The Morgan fingerprint density at radius 1 is 1.47 bits per heavy atom. The second-order valence-corrected chi connectivity index (χ2v) is 3.24. The minimum atomic E-state index is 0.0426. The number of pyridine rings is 1. The van der Waals surface area contributed by atoms with E-state index >= 15 is 0 Å². The zero-order chi connectivity index (χ0) is 10.9. The van der Waals surface area contributed by atoms with Crippen LogP contribution in [0.25, 0.3) is 6.08 Å². The van der Waals surface area contributed by atoms with Gasteiger partial charge in [0.1, 0.15) is 5.75 Å². The highest BCUT2D eigenvalue weighted by Gasteiger charge is 1.94. The van der Waals surface area contributed by atoms with Gasteiger partial charge in [0.15, 0.2) is 0 Å². The van der Waals surface area contributed by atoms with Crippen molar-refractivity contribution in [3.05, 3.63) is 30.1 Å². The third kappa shape index (κ3) is 4.61. The lowest BCUT2D eigenvalue weighted by Gasteiger charge is -2.04. The van der Waals surface area contributed by atoms with Gasteiger partial charge in [0.25, 0.3) is 0 Å². The minimum absolute atomic E-state index is 0.0426. The lowest BCUT2D eigenvalue weighted by Crippen LogP contribution is -1.96. The largest absolute Gasteiger partial charge is 0.492 e. The topological polar surface area (TPSA) is 42.4 Å². The normalized spacial score (nSPS) is 10.8. The number of aliphatic hydroxyl groups is 1. The summed E-state index contributed by atoms with van der Waals surface area (Å²) in [5, 5.41) is 8.63. The number of ether oxygens (including phenoxy) is 1. The highest BCUT2D eigenvalue weighted by Crippen LogP contribution is 2.12. The van der Waals surface area contributed by atoms with Crippen LogP contribution in [0.5, 0.6) is 5.75 Å². The fourth-order valence-electron chi connectivity index (χ4n) is 1.13. The van der Waals surface area contributed by atoms with Crippen molar-refractivity contribution in [1.82, 2.24) is 4.98 Å². The van der Waals surface area contributed by atoms with Gasteiger partial charge < -0.3 is 9.84 Å². The fraction of sp³-hybridized carbons (Fsp3) is 0.417. The summed E-state index contributed by atoms with van der Waals surface area (Å²) in [4.78, 5) is 4.06. The van der Waals surface area contributed by atoms with Gasteiger partial charge in [-0.25, -0.2) is 0 Å². The van der Waals surface area contributed by atoms with Gasteiger partial charge in [0, 0.05) is 6.20 Å². The number of rotatable bonds is 6. The van der Waals surface area contributed by atoms with Gasteiger partial charge in [-0.3, -0.25) is 4.98 Å². The molecule has 1 aromatic rings. The third-order valence-electron chi connectivity index (χ3n) is 1.92. The van der Waals surface area contributed by atoms with Crippen molar-refractivity contribution in [2.45, 2.75) is 19.8 Å². The van der Waals surface area contributed by atoms with Gasteiger partial charge in [0.2, 0.25) is 0 Å². The number of aromatic nitrogens is 1. The van der Waals surface area contributed by atoms with Crippen LogP contribution < -0.4 is 4.74 Å². The number of unbranched alkanes of at least 4 members (excludes halogenated alkanes) is 1. The fourth-order valence-corrected chi connectivity index (χ4v) is 1.13. The van der Waals surface area contributed by atoms with E-state index in [2.05, 4.69) is 11.9 Å². The molecule has 0 aliphatic rings. The number of hydrogen-bond acceptors (Lipinski definition) is 3. The van der Waals surface area contributed by atoms with Gasteiger partial charge in [0.05, 0.1) is 19.4 Å². The average Bonchev–Trinajstić information content (AvgIpc) is 2.27. The molecule has 0 bridgehead atoms. The SMILES string of the molecule is CCCCOc1cncc(/C=C/CO)c1. The van der Waals surface area contributed by atoms with Crippen LogP contribution in [0.2, 0.25) is 0 Å². The van der Waals surface area contributed by atoms with Crippen LogP contribution in [0.15, 0.2) is 24.5 Å². The molecule has 0 fully saturated rings. The summed E-state index contributed by atoms with van der Waals surface area (Å²) in [5.74, 6) is 0.781. The standard InChI is InChI=1S/C12H17NO2/c1-2-3-7-15-12-8-11(5-4-6-14)9-13-10-12/h4-5,8-10,14H,2-3,6-7H2,1H3/b5-4+. The summed E-state index contributed by atoms with van der Waals surface area (Å²) in [6.07, 6.45) is 9.10.